The second-order valence-electron chi connectivity index (χ2n) is 4.65. The van der Waals surface area contributed by atoms with Crippen molar-refractivity contribution in [3.8, 4) is 0 Å². The number of primary sulfonamides is 1. The van der Waals surface area contributed by atoms with Gasteiger partial charge in [0.15, 0.2) is 0 Å². The summed E-state index contributed by atoms with van der Waals surface area (Å²) in [7, 11) is -0.0425. The molecule has 21 heavy (non-hydrogen) atoms. The van der Waals surface area contributed by atoms with Crippen molar-refractivity contribution in [3.63, 3.8) is 0 Å². The molecule has 8 heteroatoms. The highest BCUT2D eigenvalue weighted by atomic mass is 35.5. The maximum atomic E-state index is 11.1. The fraction of sp³-hybridized carbons (Fsp3) is 0.231. The third-order valence-corrected chi connectivity index (χ3v) is 3.89. The van der Waals surface area contributed by atoms with Crippen molar-refractivity contribution in [1.29, 1.82) is 0 Å². The zero-order valence-corrected chi connectivity index (χ0v) is 13.2. The molecule has 2 aromatic rings. The van der Waals surface area contributed by atoms with Crippen molar-refractivity contribution in [2.45, 2.75) is 11.6 Å². The molecule has 114 valence electrons. The van der Waals surface area contributed by atoms with E-state index >= 15 is 0 Å². The number of furan rings is 1. The molecule has 1 aromatic carbocycles. The Balaban J connectivity index is 2.17. The van der Waals surface area contributed by atoms with E-state index in [1.165, 1.54) is 6.07 Å². The Morgan fingerprint density at radius 1 is 1.29 bits per heavy atom. The van der Waals surface area contributed by atoms with E-state index in [1.807, 2.05) is 31.1 Å². The number of sulfonamides is 1. The fourth-order valence-electron chi connectivity index (χ4n) is 1.90. The van der Waals surface area contributed by atoms with Crippen molar-refractivity contribution in [2.24, 2.45) is 5.14 Å². The minimum absolute atomic E-state index is 0.252. The number of halogens is 1. The average Bonchev–Trinajstić information content (AvgIpc) is 2.84. The maximum Gasteiger partial charge on any atom is 0.271 e. The van der Waals surface area contributed by atoms with Gasteiger partial charge in [0.25, 0.3) is 10.0 Å². The number of benzene rings is 1. The molecule has 1 aromatic heterocycles. The van der Waals surface area contributed by atoms with Gasteiger partial charge in [-0.15, -0.1) is 0 Å². The first-order chi connectivity index (χ1) is 9.79. The zero-order chi connectivity index (χ0) is 15.6. The van der Waals surface area contributed by atoms with Crippen LogP contribution in [0.4, 0.5) is 11.4 Å². The van der Waals surface area contributed by atoms with Gasteiger partial charge in [0.1, 0.15) is 5.76 Å². The smallest absolute Gasteiger partial charge is 0.271 e. The Hall–Kier alpha value is -1.70. The molecule has 0 spiro atoms. The Kier molecular flexibility index (Phi) is 4.46. The number of hydrogen-bond acceptors (Lipinski definition) is 5. The van der Waals surface area contributed by atoms with E-state index in [4.69, 9.17) is 21.2 Å². The van der Waals surface area contributed by atoms with Crippen LogP contribution in [0.1, 0.15) is 5.76 Å². The third-order valence-electron chi connectivity index (χ3n) is 2.80. The molecule has 0 aliphatic carbocycles. The van der Waals surface area contributed by atoms with Crippen LogP contribution in [0.3, 0.4) is 0 Å². The standard InChI is InChI=1S/C13H16ClN3O3S/c1-17(2)13-10(14)4-3-5-11(13)16-8-9-6-7-12(20-9)21(15,18)19/h3-7,16H,8H2,1-2H3,(H2,15,18,19). The van der Waals surface area contributed by atoms with Crippen molar-refractivity contribution < 1.29 is 12.8 Å². The van der Waals surface area contributed by atoms with E-state index in [0.29, 0.717) is 17.3 Å². The summed E-state index contributed by atoms with van der Waals surface area (Å²) < 4.78 is 27.5. The molecule has 0 saturated carbocycles. The molecule has 6 nitrogen and oxygen atoms in total. The largest absolute Gasteiger partial charge is 0.446 e. The second kappa shape index (κ2) is 5.97. The highest BCUT2D eigenvalue weighted by molar-refractivity contribution is 7.89. The van der Waals surface area contributed by atoms with E-state index < -0.39 is 10.0 Å². The molecule has 0 saturated heterocycles. The highest BCUT2D eigenvalue weighted by Gasteiger charge is 2.14. The van der Waals surface area contributed by atoms with Gasteiger partial charge >= 0.3 is 0 Å². The van der Waals surface area contributed by atoms with Crippen LogP contribution in [0.25, 0.3) is 0 Å². The molecule has 0 fully saturated rings. The molecule has 0 unspecified atom stereocenters. The van der Waals surface area contributed by atoms with E-state index in [1.54, 1.807) is 12.1 Å². The summed E-state index contributed by atoms with van der Waals surface area (Å²) in [6.07, 6.45) is 0. The van der Waals surface area contributed by atoms with Crippen LogP contribution < -0.4 is 15.4 Å². The predicted molar refractivity (Wildman–Crippen MR) is 83.2 cm³/mol. The second-order valence-corrected chi connectivity index (χ2v) is 6.55. The van der Waals surface area contributed by atoms with Gasteiger partial charge in [-0.05, 0) is 24.3 Å². The number of rotatable bonds is 5. The normalized spacial score (nSPS) is 11.4. The number of anilines is 2. The lowest BCUT2D eigenvalue weighted by Crippen LogP contribution is -2.13. The summed E-state index contributed by atoms with van der Waals surface area (Å²) in [5, 5.41) is 8.52. The minimum atomic E-state index is -3.82. The molecular formula is C13H16ClN3O3S. The fourth-order valence-corrected chi connectivity index (χ4v) is 2.73. The van der Waals surface area contributed by atoms with E-state index in [2.05, 4.69) is 5.32 Å². The lowest BCUT2D eigenvalue weighted by atomic mass is 10.2. The molecule has 0 bridgehead atoms. The zero-order valence-electron chi connectivity index (χ0n) is 11.6. The Labute approximate surface area is 128 Å². The summed E-state index contributed by atoms with van der Waals surface area (Å²) in [4.78, 5) is 1.89. The first-order valence-corrected chi connectivity index (χ1v) is 8.02. The highest BCUT2D eigenvalue weighted by Crippen LogP contribution is 2.32. The van der Waals surface area contributed by atoms with Gasteiger partial charge in [0.05, 0.1) is 22.9 Å². The number of nitrogens with one attached hydrogen (secondary N) is 1. The summed E-state index contributed by atoms with van der Waals surface area (Å²) in [6, 6.07) is 8.40. The number of hydrogen-bond donors (Lipinski definition) is 2. The quantitative estimate of drug-likeness (QED) is 0.878. The van der Waals surface area contributed by atoms with Crippen molar-refractivity contribution in [1.82, 2.24) is 0 Å². The van der Waals surface area contributed by atoms with Crippen LogP contribution in [0.15, 0.2) is 39.8 Å². The van der Waals surface area contributed by atoms with Crippen LogP contribution in [0, 0.1) is 0 Å². The molecule has 3 N–H and O–H groups in total. The average molecular weight is 330 g/mol. The first-order valence-electron chi connectivity index (χ1n) is 6.10. The maximum absolute atomic E-state index is 11.1. The van der Waals surface area contributed by atoms with E-state index in [0.717, 1.165) is 11.4 Å². The Bertz CT molecular complexity index is 741. The van der Waals surface area contributed by atoms with Gasteiger partial charge in [-0.25, -0.2) is 13.6 Å². The monoisotopic (exact) mass is 329 g/mol. The molecular weight excluding hydrogens is 314 g/mol. The lowest BCUT2D eigenvalue weighted by molar-refractivity contribution is 0.419. The lowest BCUT2D eigenvalue weighted by Gasteiger charge is -2.19. The molecule has 0 atom stereocenters. The van der Waals surface area contributed by atoms with Crippen LogP contribution in [-0.4, -0.2) is 22.5 Å². The summed E-state index contributed by atoms with van der Waals surface area (Å²) in [6.45, 7) is 0.316. The van der Waals surface area contributed by atoms with Gasteiger partial charge < -0.3 is 14.6 Å². The summed E-state index contributed by atoms with van der Waals surface area (Å²) >= 11 is 6.17. The topological polar surface area (TPSA) is 88.6 Å². The van der Waals surface area contributed by atoms with Crippen LogP contribution in [0.5, 0.6) is 0 Å². The number of para-hydroxylation sites is 1. The SMILES string of the molecule is CN(C)c1c(Cl)cccc1NCc1ccc(S(N)(=O)=O)o1. The van der Waals surface area contributed by atoms with E-state index in [-0.39, 0.29) is 5.09 Å². The van der Waals surface area contributed by atoms with Gasteiger partial charge in [-0.1, -0.05) is 17.7 Å². The van der Waals surface area contributed by atoms with Crippen molar-refractivity contribution in [2.75, 3.05) is 24.3 Å². The number of nitrogens with zero attached hydrogens (tertiary/aromatic N) is 1. The Morgan fingerprint density at radius 2 is 2.00 bits per heavy atom. The predicted octanol–water partition coefficient (Wildman–Crippen LogP) is 2.26. The van der Waals surface area contributed by atoms with Gasteiger partial charge in [-0.3, -0.25) is 0 Å². The molecule has 0 amide bonds. The first kappa shape index (κ1) is 15.7. The molecule has 0 aliphatic heterocycles. The van der Waals surface area contributed by atoms with Crippen LogP contribution in [0.2, 0.25) is 5.02 Å². The van der Waals surface area contributed by atoms with Crippen LogP contribution in [-0.2, 0) is 16.6 Å². The van der Waals surface area contributed by atoms with Crippen LogP contribution >= 0.6 is 11.6 Å². The minimum Gasteiger partial charge on any atom is -0.446 e. The molecule has 1 heterocycles. The van der Waals surface area contributed by atoms with Crippen molar-refractivity contribution >= 4 is 33.0 Å². The van der Waals surface area contributed by atoms with Gasteiger partial charge in [0.2, 0.25) is 5.09 Å². The molecule has 0 radical (unpaired) electrons. The Morgan fingerprint density at radius 3 is 2.57 bits per heavy atom. The number of nitrogens with two attached hydrogens (primary N) is 1. The van der Waals surface area contributed by atoms with Crippen molar-refractivity contribution in [3.05, 3.63) is 41.1 Å². The summed E-state index contributed by atoms with van der Waals surface area (Å²) in [5.41, 5.74) is 1.67. The molecule has 0 aliphatic rings. The van der Waals surface area contributed by atoms with E-state index in [9.17, 15) is 8.42 Å². The summed E-state index contributed by atoms with van der Waals surface area (Å²) in [5.74, 6) is 0.462. The van der Waals surface area contributed by atoms with Gasteiger partial charge in [-0.2, -0.15) is 0 Å². The van der Waals surface area contributed by atoms with Gasteiger partial charge in [0, 0.05) is 14.1 Å². The third kappa shape index (κ3) is 3.69. The molecule has 2 rings (SSSR count).